The summed E-state index contributed by atoms with van der Waals surface area (Å²) in [4.78, 5) is 0. The zero-order chi connectivity index (χ0) is 13.7. The molecule has 0 saturated carbocycles. The van der Waals surface area contributed by atoms with Gasteiger partial charge < -0.3 is 4.74 Å². The Morgan fingerprint density at radius 3 is 2.68 bits per heavy atom. The summed E-state index contributed by atoms with van der Waals surface area (Å²) >= 11 is 1.66. The lowest BCUT2D eigenvalue weighted by molar-refractivity contribution is 0.386. The van der Waals surface area contributed by atoms with Gasteiger partial charge in [0.2, 0.25) is 0 Å². The van der Waals surface area contributed by atoms with Crippen molar-refractivity contribution in [3.05, 3.63) is 52.0 Å². The normalized spacial score (nSPS) is 12.4. The van der Waals surface area contributed by atoms with Crippen LogP contribution in [0.3, 0.4) is 0 Å². The molecule has 0 fully saturated rings. The zero-order valence-corrected chi connectivity index (χ0v) is 11.5. The molecular formula is C14H17FN2OS. The molecule has 0 spiro atoms. The summed E-state index contributed by atoms with van der Waals surface area (Å²) in [7, 11) is 1.46. The second kappa shape index (κ2) is 6.65. The van der Waals surface area contributed by atoms with Gasteiger partial charge in [0.15, 0.2) is 11.6 Å². The summed E-state index contributed by atoms with van der Waals surface area (Å²) in [6.45, 7) is 0. The molecule has 3 N–H and O–H groups in total. The summed E-state index contributed by atoms with van der Waals surface area (Å²) in [5.74, 6) is 5.49. The number of hydrogen-bond acceptors (Lipinski definition) is 4. The van der Waals surface area contributed by atoms with Crippen molar-refractivity contribution in [3.8, 4) is 5.75 Å². The summed E-state index contributed by atoms with van der Waals surface area (Å²) in [6, 6.07) is 7.16. The molecule has 2 rings (SSSR count). The number of thiophene rings is 1. The molecule has 0 bridgehead atoms. The molecule has 1 aromatic heterocycles. The highest BCUT2D eigenvalue weighted by Gasteiger charge is 2.11. The van der Waals surface area contributed by atoms with E-state index in [0.717, 1.165) is 12.0 Å². The van der Waals surface area contributed by atoms with Crippen molar-refractivity contribution in [2.75, 3.05) is 7.11 Å². The monoisotopic (exact) mass is 280 g/mol. The molecule has 0 saturated heterocycles. The predicted octanol–water partition coefficient (Wildman–Crippen LogP) is 2.51. The largest absolute Gasteiger partial charge is 0.494 e. The van der Waals surface area contributed by atoms with Crippen LogP contribution in [-0.4, -0.2) is 13.2 Å². The molecule has 2 aromatic rings. The Morgan fingerprint density at radius 2 is 2.11 bits per heavy atom. The van der Waals surface area contributed by atoms with Gasteiger partial charge in [0, 0.05) is 6.04 Å². The minimum Gasteiger partial charge on any atom is -0.494 e. The third kappa shape index (κ3) is 3.76. The molecule has 0 radical (unpaired) electrons. The molecule has 102 valence electrons. The van der Waals surface area contributed by atoms with E-state index < -0.39 is 0 Å². The molecule has 0 aliphatic rings. The van der Waals surface area contributed by atoms with E-state index in [1.54, 1.807) is 17.4 Å². The van der Waals surface area contributed by atoms with Gasteiger partial charge in [-0.3, -0.25) is 11.3 Å². The van der Waals surface area contributed by atoms with E-state index >= 15 is 0 Å². The topological polar surface area (TPSA) is 47.3 Å². The van der Waals surface area contributed by atoms with Crippen LogP contribution in [0.4, 0.5) is 4.39 Å². The minimum absolute atomic E-state index is 0.0856. The van der Waals surface area contributed by atoms with Crippen LogP contribution in [0.2, 0.25) is 0 Å². The fraction of sp³-hybridized carbons (Fsp3) is 0.286. The quantitative estimate of drug-likeness (QED) is 0.631. The Bertz CT molecular complexity index is 516. The Kier molecular flexibility index (Phi) is 4.90. The molecule has 5 heteroatoms. The van der Waals surface area contributed by atoms with Gasteiger partial charge >= 0.3 is 0 Å². The van der Waals surface area contributed by atoms with E-state index in [1.165, 1.54) is 18.7 Å². The number of benzene rings is 1. The lowest BCUT2D eigenvalue weighted by Gasteiger charge is -2.15. The van der Waals surface area contributed by atoms with E-state index in [2.05, 4.69) is 16.9 Å². The van der Waals surface area contributed by atoms with Crippen LogP contribution in [0.5, 0.6) is 5.75 Å². The molecule has 1 aromatic carbocycles. The predicted molar refractivity (Wildman–Crippen MR) is 75.8 cm³/mol. The van der Waals surface area contributed by atoms with Crippen molar-refractivity contribution >= 4 is 11.3 Å². The molecule has 1 heterocycles. The molecule has 1 atom stereocenters. The average Bonchev–Trinajstić information content (AvgIpc) is 2.91. The number of nitrogens with two attached hydrogens (primary N) is 1. The molecule has 0 amide bonds. The zero-order valence-electron chi connectivity index (χ0n) is 10.7. The Hall–Kier alpha value is -1.43. The molecule has 0 aliphatic carbocycles. The van der Waals surface area contributed by atoms with Crippen LogP contribution in [0.15, 0.2) is 35.0 Å². The first-order valence-electron chi connectivity index (χ1n) is 6.02. The molecule has 1 unspecified atom stereocenters. The van der Waals surface area contributed by atoms with E-state index in [1.807, 2.05) is 11.4 Å². The van der Waals surface area contributed by atoms with Gasteiger partial charge in [0.1, 0.15) is 0 Å². The van der Waals surface area contributed by atoms with E-state index in [9.17, 15) is 4.39 Å². The summed E-state index contributed by atoms with van der Waals surface area (Å²) < 4.78 is 18.5. The van der Waals surface area contributed by atoms with E-state index in [-0.39, 0.29) is 17.6 Å². The standard InChI is InChI=1S/C14H17FN2OS/c1-18-14-3-2-10(8-13(14)15)6-12(17-16)7-11-4-5-19-9-11/h2-5,8-9,12,17H,6-7,16H2,1H3. The Morgan fingerprint density at radius 1 is 1.32 bits per heavy atom. The number of ether oxygens (including phenoxy) is 1. The fourth-order valence-electron chi connectivity index (χ4n) is 2.00. The second-order valence-corrected chi connectivity index (χ2v) is 5.15. The third-order valence-electron chi connectivity index (χ3n) is 3.00. The Labute approximate surface area is 116 Å². The average molecular weight is 280 g/mol. The lowest BCUT2D eigenvalue weighted by atomic mass is 10.0. The second-order valence-electron chi connectivity index (χ2n) is 4.37. The van der Waals surface area contributed by atoms with E-state index in [4.69, 9.17) is 10.6 Å². The van der Waals surface area contributed by atoms with Gasteiger partial charge in [-0.25, -0.2) is 4.39 Å². The van der Waals surface area contributed by atoms with Crippen LogP contribution < -0.4 is 16.0 Å². The maximum atomic E-state index is 13.6. The van der Waals surface area contributed by atoms with Crippen molar-refractivity contribution in [1.29, 1.82) is 0 Å². The van der Waals surface area contributed by atoms with Crippen molar-refractivity contribution in [2.24, 2.45) is 5.84 Å². The molecule has 19 heavy (non-hydrogen) atoms. The molecule has 3 nitrogen and oxygen atoms in total. The fourth-order valence-corrected chi connectivity index (χ4v) is 2.69. The number of halogens is 1. The van der Waals surface area contributed by atoms with Crippen molar-refractivity contribution in [3.63, 3.8) is 0 Å². The van der Waals surface area contributed by atoms with Crippen molar-refractivity contribution in [2.45, 2.75) is 18.9 Å². The first-order chi connectivity index (χ1) is 9.22. The number of nitrogens with one attached hydrogen (secondary N) is 1. The van der Waals surface area contributed by atoms with Crippen LogP contribution in [0.25, 0.3) is 0 Å². The van der Waals surface area contributed by atoms with Crippen molar-refractivity contribution in [1.82, 2.24) is 5.43 Å². The van der Waals surface area contributed by atoms with Crippen molar-refractivity contribution < 1.29 is 9.13 Å². The lowest BCUT2D eigenvalue weighted by Crippen LogP contribution is -2.38. The van der Waals surface area contributed by atoms with Gasteiger partial charge in [-0.15, -0.1) is 0 Å². The highest BCUT2D eigenvalue weighted by Crippen LogP contribution is 2.19. The number of methoxy groups -OCH3 is 1. The van der Waals surface area contributed by atoms with Gasteiger partial charge in [-0.2, -0.15) is 11.3 Å². The summed E-state index contributed by atoms with van der Waals surface area (Å²) in [5, 5.41) is 4.13. The molecular weight excluding hydrogens is 263 g/mol. The van der Waals surface area contributed by atoms with Gasteiger partial charge in [0.25, 0.3) is 0 Å². The van der Waals surface area contributed by atoms with Crippen LogP contribution in [-0.2, 0) is 12.8 Å². The van der Waals surface area contributed by atoms with Crippen LogP contribution in [0, 0.1) is 5.82 Å². The smallest absolute Gasteiger partial charge is 0.165 e. The minimum atomic E-state index is -0.341. The third-order valence-corrected chi connectivity index (χ3v) is 3.73. The summed E-state index contributed by atoms with van der Waals surface area (Å²) in [5.41, 5.74) is 4.93. The van der Waals surface area contributed by atoms with E-state index in [0.29, 0.717) is 6.42 Å². The van der Waals surface area contributed by atoms with Crippen LogP contribution >= 0.6 is 11.3 Å². The van der Waals surface area contributed by atoms with Crippen LogP contribution in [0.1, 0.15) is 11.1 Å². The summed E-state index contributed by atoms with van der Waals surface area (Å²) in [6.07, 6.45) is 1.50. The first-order valence-corrected chi connectivity index (χ1v) is 6.97. The number of rotatable bonds is 6. The number of hydrogen-bond donors (Lipinski definition) is 2. The van der Waals surface area contributed by atoms with Gasteiger partial charge in [-0.1, -0.05) is 6.07 Å². The first kappa shape index (κ1) is 14.0. The van der Waals surface area contributed by atoms with Gasteiger partial charge in [-0.05, 0) is 52.9 Å². The number of hydrazine groups is 1. The van der Waals surface area contributed by atoms with Gasteiger partial charge in [0.05, 0.1) is 7.11 Å². The Balaban J connectivity index is 2.03. The highest BCUT2D eigenvalue weighted by molar-refractivity contribution is 7.07. The SMILES string of the molecule is COc1ccc(CC(Cc2ccsc2)NN)cc1F. The maximum Gasteiger partial charge on any atom is 0.165 e. The molecule has 0 aliphatic heterocycles. The highest BCUT2D eigenvalue weighted by atomic mass is 32.1. The maximum absolute atomic E-state index is 13.6.